The molecule has 0 unspecified atom stereocenters. The molecule has 0 amide bonds. The van der Waals surface area contributed by atoms with Crippen LogP contribution in [0.1, 0.15) is 5.56 Å². The third kappa shape index (κ3) is 3.52. The number of hydrogen-bond acceptors (Lipinski definition) is 2. The van der Waals surface area contributed by atoms with Crippen LogP contribution in [0.25, 0.3) is 0 Å². The molecule has 0 aromatic heterocycles. The Hall–Kier alpha value is -3.09. The normalized spacial score (nSPS) is 11.7. The van der Waals surface area contributed by atoms with Crippen molar-refractivity contribution in [2.24, 2.45) is 5.18 Å². The van der Waals surface area contributed by atoms with Gasteiger partial charge in [-0.2, -0.15) is 0 Å². The molecule has 28 heavy (non-hydrogen) atoms. The second-order valence-corrected chi connectivity index (χ2v) is 10.8. The fraction of sp³-hybridized carbons (Fsp3) is 0.0400. The first kappa shape index (κ1) is 18.3. The summed E-state index contributed by atoms with van der Waals surface area (Å²) in [5.74, 6) is 0. The molecule has 0 saturated carbocycles. The number of hydrogen-bond donors (Lipinski definition) is 0. The van der Waals surface area contributed by atoms with E-state index in [4.69, 9.17) is 0 Å². The standard InChI is InChI=1S/C25H22NOP/c27-26-22-12-10-11-21(19-22)20-28(23-13-4-1-5-14-23,24-15-6-2-7-16-24)25-17-8-3-9-18-25/h1-19,28H,20H2. The maximum atomic E-state index is 11.1. The minimum absolute atomic E-state index is 0.481. The van der Waals surface area contributed by atoms with E-state index in [1.807, 2.05) is 12.1 Å². The van der Waals surface area contributed by atoms with Crippen LogP contribution in [0.5, 0.6) is 0 Å². The van der Waals surface area contributed by atoms with Gasteiger partial charge >= 0.3 is 166 Å². The van der Waals surface area contributed by atoms with Crippen LogP contribution in [0.4, 0.5) is 5.69 Å². The van der Waals surface area contributed by atoms with Crippen LogP contribution in [0.3, 0.4) is 0 Å². The van der Waals surface area contributed by atoms with Gasteiger partial charge in [0, 0.05) is 0 Å². The molecule has 0 fully saturated rings. The van der Waals surface area contributed by atoms with E-state index in [-0.39, 0.29) is 0 Å². The molecular formula is C25H22NOP. The average Bonchev–Trinajstić information content (AvgIpc) is 2.79. The van der Waals surface area contributed by atoms with Crippen molar-refractivity contribution < 1.29 is 0 Å². The molecule has 0 saturated heterocycles. The third-order valence-corrected chi connectivity index (χ3v) is 10.2. The second-order valence-electron chi connectivity index (χ2n) is 6.94. The van der Waals surface area contributed by atoms with Crippen LogP contribution in [0.15, 0.2) is 120 Å². The van der Waals surface area contributed by atoms with Gasteiger partial charge in [0.2, 0.25) is 0 Å². The third-order valence-electron chi connectivity index (χ3n) is 5.29. The number of rotatable bonds is 6. The molecule has 0 bridgehead atoms. The summed E-state index contributed by atoms with van der Waals surface area (Å²) in [4.78, 5) is 11.1. The zero-order chi connectivity index (χ0) is 19.2. The first-order valence-corrected chi connectivity index (χ1v) is 11.6. The fourth-order valence-corrected chi connectivity index (χ4v) is 8.73. The summed E-state index contributed by atoms with van der Waals surface area (Å²) in [5.41, 5.74) is 1.62. The molecular weight excluding hydrogens is 361 g/mol. The molecule has 3 heteroatoms. The van der Waals surface area contributed by atoms with Gasteiger partial charge in [-0.15, -0.1) is 0 Å². The van der Waals surface area contributed by atoms with Crippen molar-refractivity contribution in [3.63, 3.8) is 0 Å². The van der Waals surface area contributed by atoms with Crippen LogP contribution in [-0.2, 0) is 6.16 Å². The SMILES string of the molecule is O=Nc1cccc(C[PH](c2ccccc2)(c2ccccc2)c2ccccc2)c1. The van der Waals surface area contributed by atoms with Gasteiger partial charge in [0.05, 0.1) is 0 Å². The Morgan fingerprint density at radius 1 is 0.571 bits per heavy atom. The zero-order valence-corrected chi connectivity index (χ0v) is 16.5. The van der Waals surface area contributed by atoms with E-state index in [2.05, 4.69) is 102 Å². The predicted molar refractivity (Wildman–Crippen MR) is 122 cm³/mol. The predicted octanol–water partition coefficient (Wildman–Crippen LogP) is 5.31. The van der Waals surface area contributed by atoms with Crippen LogP contribution in [0.2, 0.25) is 0 Å². The van der Waals surface area contributed by atoms with Crippen LogP contribution >= 0.6 is 7.26 Å². The molecule has 0 aliphatic carbocycles. The number of benzene rings is 4. The van der Waals surface area contributed by atoms with Crippen molar-refractivity contribution in [3.8, 4) is 0 Å². The molecule has 0 spiro atoms. The van der Waals surface area contributed by atoms with Crippen molar-refractivity contribution >= 4 is 28.9 Å². The van der Waals surface area contributed by atoms with Gasteiger partial charge < -0.3 is 0 Å². The Morgan fingerprint density at radius 3 is 1.46 bits per heavy atom. The Kier molecular flexibility index (Phi) is 5.41. The molecule has 0 aliphatic heterocycles. The average molecular weight is 383 g/mol. The molecule has 4 aromatic carbocycles. The van der Waals surface area contributed by atoms with Crippen molar-refractivity contribution in [1.29, 1.82) is 0 Å². The number of nitrogens with zero attached hydrogens (tertiary/aromatic N) is 1. The van der Waals surface area contributed by atoms with Crippen molar-refractivity contribution in [2.45, 2.75) is 6.16 Å². The van der Waals surface area contributed by atoms with Gasteiger partial charge in [0.1, 0.15) is 0 Å². The Bertz CT molecular complexity index is 953. The summed E-state index contributed by atoms with van der Waals surface area (Å²) in [7, 11) is -2.34. The van der Waals surface area contributed by atoms with E-state index >= 15 is 0 Å². The van der Waals surface area contributed by atoms with Gasteiger partial charge in [-0.25, -0.2) is 0 Å². The van der Waals surface area contributed by atoms with Gasteiger partial charge in [-0.05, 0) is 0 Å². The maximum absolute atomic E-state index is 11.1. The minimum atomic E-state index is -2.34. The molecule has 4 rings (SSSR count). The van der Waals surface area contributed by atoms with Gasteiger partial charge in [0.25, 0.3) is 0 Å². The molecule has 2 nitrogen and oxygen atoms in total. The summed E-state index contributed by atoms with van der Waals surface area (Å²) in [6, 6.07) is 40.1. The summed E-state index contributed by atoms with van der Waals surface area (Å²) in [6.45, 7) is 0. The quantitative estimate of drug-likeness (QED) is 0.328. The van der Waals surface area contributed by atoms with Gasteiger partial charge in [-0.3, -0.25) is 0 Å². The molecule has 0 heterocycles. The topological polar surface area (TPSA) is 29.4 Å². The first-order chi connectivity index (χ1) is 13.8. The van der Waals surface area contributed by atoms with Crippen molar-refractivity contribution in [2.75, 3.05) is 0 Å². The number of nitroso groups, excluding NO2 is 1. The van der Waals surface area contributed by atoms with E-state index in [1.165, 1.54) is 15.9 Å². The molecule has 0 radical (unpaired) electrons. The van der Waals surface area contributed by atoms with E-state index in [0.717, 1.165) is 11.7 Å². The van der Waals surface area contributed by atoms with Gasteiger partial charge in [-0.1, -0.05) is 0 Å². The Balaban J connectivity index is 1.99. The molecule has 0 atom stereocenters. The summed E-state index contributed by atoms with van der Waals surface area (Å²) >= 11 is 0. The van der Waals surface area contributed by atoms with Crippen LogP contribution in [-0.4, -0.2) is 0 Å². The van der Waals surface area contributed by atoms with E-state index in [1.54, 1.807) is 6.07 Å². The van der Waals surface area contributed by atoms with E-state index in [0.29, 0.717) is 5.69 Å². The van der Waals surface area contributed by atoms with Crippen molar-refractivity contribution in [3.05, 3.63) is 126 Å². The molecule has 4 aromatic rings. The van der Waals surface area contributed by atoms with Gasteiger partial charge in [0.15, 0.2) is 0 Å². The summed E-state index contributed by atoms with van der Waals surface area (Å²) in [6.07, 6.45) is 0.869. The summed E-state index contributed by atoms with van der Waals surface area (Å²) in [5, 5.41) is 7.22. The second kappa shape index (κ2) is 8.29. The molecule has 0 aliphatic rings. The fourth-order valence-electron chi connectivity index (χ4n) is 4.00. The zero-order valence-electron chi connectivity index (χ0n) is 15.5. The van der Waals surface area contributed by atoms with Crippen LogP contribution in [0, 0.1) is 4.91 Å². The molecule has 138 valence electrons. The van der Waals surface area contributed by atoms with Crippen LogP contribution < -0.4 is 15.9 Å². The Morgan fingerprint density at radius 2 is 1.04 bits per heavy atom. The molecule has 0 N–H and O–H groups in total. The Labute approximate surface area is 166 Å². The first-order valence-electron chi connectivity index (χ1n) is 9.42. The summed E-state index contributed by atoms with van der Waals surface area (Å²) < 4.78 is 0. The monoisotopic (exact) mass is 383 g/mol. The van der Waals surface area contributed by atoms with E-state index in [9.17, 15) is 4.91 Å². The van der Waals surface area contributed by atoms with Crippen molar-refractivity contribution in [1.82, 2.24) is 0 Å². The van der Waals surface area contributed by atoms with E-state index < -0.39 is 7.26 Å².